The van der Waals surface area contributed by atoms with E-state index >= 15 is 0 Å². The molecule has 2 aromatic heterocycles. The number of hydrogen-bond donors (Lipinski definition) is 1. The Morgan fingerprint density at radius 1 is 1.12 bits per heavy atom. The number of nitrogens with one attached hydrogen (secondary N) is 1. The van der Waals surface area contributed by atoms with Crippen molar-refractivity contribution in [1.82, 2.24) is 19.9 Å². The average Bonchev–Trinajstić information content (AvgIpc) is 3.25. The molecule has 1 fully saturated rings. The molecule has 0 atom stereocenters. The minimum Gasteiger partial charge on any atom is -0.465 e. The van der Waals surface area contributed by atoms with Crippen molar-refractivity contribution < 1.29 is 11.0 Å². The quantitative estimate of drug-likeness (QED) is 0.152. The van der Waals surface area contributed by atoms with Gasteiger partial charge in [-0.3, -0.25) is 0 Å². The predicted molar refractivity (Wildman–Crippen MR) is 140 cm³/mol. The van der Waals surface area contributed by atoms with Crippen LogP contribution >= 0.6 is 11.8 Å². The van der Waals surface area contributed by atoms with Crippen LogP contribution in [0.5, 0.6) is 0 Å². The molecule has 0 amide bonds. The molecular formula is C27H32N4O2S. The number of rotatable bonds is 8. The molecule has 0 unspecified atom stereocenters. The van der Waals surface area contributed by atoms with Crippen molar-refractivity contribution in [3.05, 3.63) is 65.5 Å². The van der Waals surface area contributed by atoms with E-state index in [9.17, 15) is 4.79 Å². The molecule has 0 radical (unpaired) electrons. The fraction of sp³-hybridized carbons (Fsp3) is 0.370. The molecule has 3 heterocycles. The van der Waals surface area contributed by atoms with Gasteiger partial charge < -0.3 is 14.6 Å². The lowest BCUT2D eigenvalue weighted by Crippen LogP contribution is -2.30. The lowest BCUT2D eigenvalue weighted by atomic mass is 10.1. The minimum atomic E-state index is -0.344. The van der Waals surface area contributed by atoms with Crippen LogP contribution in [0.3, 0.4) is 0 Å². The highest BCUT2D eigenvalue weighted by Crippen LogP contribution is 2.33. The number of likely N-dealkylation sites (tertiary alicyclic amines) is 1. The lowest BCUT2D eigenvalue weighted by molar-refractivity contribution is 0.0601. The van der Waals surface area contributed by atoms with Crippen molar-refractivity contribution >= 4 is 39.7 Å². The zero-order chi connectivity index (χ0) is 23.3. The van der Waals surface area contributed by atoms with E-state index in [0.717, 1.165) is 51.5 Å². The molecule has 1 N–H and O–H groups in total. The zero-order valence-electron chi connectivity index (χ0n) is 19.5. The molecule has 2 aromatic carbocycles. The fourth-order valence-corrected chi connectivity index (χ4v) is 5.65. The summed E-state index contributed by atoms with van der Waals surface area (Å²) >= 11 is 1.81. The van der Waals surface area contributed by atoms with Gasteiger partial charge in [-0.05, 0) is 56.6 Å². The third-order valence-corrected chi connectivity index (χ3v) is 7.46. The van der Waals surface area contributed by atoms with Gasteiger partial charge in [-0.15, -0.1) is 11.8 Å². The van der Waals surface area contributed by atoms with Crippen molar-refractivity contribution in [2.45, 2.75) is 37.1 Å². The van der Waals surface area contributed by atoms with E-state index in [4.69, 9.17) is 14.7 Å². The number of carbonyl (C=O) groups excluding carboxylic acids is 1. The third-order valence-electron chi connectivity index (χ3n) is 6.40. The van der Waals surface area contributed by atoms with Crippen molar-refractivity contribution in [3.63, 3.8) is 0 Å². The molecule has 1 aliphatic rings. The lowest BCUT2D eigenvalue weighted by Gasteiger charge is -2.26. The molecule has 5 rings (SSSR count). The van der Waals surface area contributed by atoms with Gasteiger partial charge in [0.05, 0.1) is 18.1 Å². The number of ether oxygens (including phenoxy) is 1. The number of aromatic amines is 1. The van der Waals surface area contributed by atoms with Gasteiger partial charge in [0.15, 0.2) is 0 Å². The van der Waals surface area contributed by atoms with Crippen molar-refractivity contribution in [1.29, 1.82) is 0 Å². The number of benzene rings is 2. The number of fused-ring (bicyclic) bond motifs is 3. The number of thioether (sulfide) groups is 1. The Balaban J connectivity index is 0.00000289. The topological polar surface area (TPSA) is 71.1 Å². The number of aromatic nitrogens is 3. The summed E-state index contributed by atoms with van der Waals surface area (Å²) in [5.41, 5.74) is 3.40. The smallest absolute Gasteiger partial charge is 0.337 e. The molecule has 0 spiro atoms. The van der Waals surface area contributed by atoms with E-state index < -0.39 is 0 Å². The van der Waals surface area contributed by atoms with E-state index in [0.29, 0.717) is 12.0 Å². The number of carbonyl (C=O) groups is 1. The summed E-state index contributed by atoms with van der Waals surface area (Å²) in [6, 6.07) is 15.9. The predicted octanol–water partition coefficient (Wildman–Crippen LogP) is 5.70. The fourth-order valence-electron chi connectivity index (χ4n) is 4.66. The van der Waals surface area contributed by atoms with Crippen molar-refractivity contribution in [3.8, 4) is 0 Å². The molecule has 6 nitrogen and oxygen atoms in total. The third kappa shape index (κ3) is 5.10. The van der Waals surface area contributed by atoms with Crippen LogP contribution in [0.15, 0.2) is 53.6 Å². The van der Waals surface area contributed by atoms with Gasteiger partial charge in [0.2, 0.25) is 0 Å². The first-order chi connectivity index (χ1) is 16.7. The van der Waals surface area contributed by atoms with Crippen LogP contribution in [0.4, 0.5) is 0 Å². The number of piperidine rings is 1. The molecule has 0 bridgehead atoms. The van der Waals surface area contributed by atoms with E-state index in [2.05, 4.69) is 22.0 Å². The number of esters is 1. The van der Waals surface area contributed by atoms with Crippen molar-refractivity contribution in [2.24, 2.45) is 0 Å². The van der Waals surface area contributed by atoms with Crippen LogP contribution in [0.2, 0.25) is 0 Å². The Labute approximate surface area is 205 Å². The highest BCUT2D eigenvalue weighted by atomic mass is 32.2. The summed E-state index contributed by atoms with van der Waals surface area (Å²) in [4.78, 5) is 27.9. The Morgan fingerprint density at radius 2 is 1.94 bits per heavy atom. The highest BCUT2D eigenvalue weighted by Gasteiger charge is 2.17. The summed E-state index contributed by atoms with van der Waals surface area (Å²) in [5.74, 6) is 1.47. The second kappa shape index (κ2) is 10.6. The number of H-pyrrole nitrogens is 1. The van der Waals surface area contributed by atoms with Gasteiger partial charge in [-0.1, -0.05) is 42.8 Å². The first-order valence-electron chi connectivity index (χ1n) is 12.0. The number of hydrogen-bond acceptors (Lipinski definition) is 6. The van der Waals surface area contributed by atoms with Crippen LogP contribution in [0.25, 0.3) is 21.9 Å². The van der Waals surface area contributed by atoms with Gasteiger partial charge in [-0.25, -0.2) is 14.8 Å². The molecule has 0 saturated carbocycles. The monoisotopic (exact) mass is 476 g/mol. The second-order valence-electron chi connectivity index (χ2n) is 8.81. The Morgan fingerprint density at radius 3 is 2.74 bits per heavy atom. The largest absolute Gasteiger partial charge is 0.465 e. The van der Waals surface area contributed by atoms with Gasteiger partial charge in [0, 0.05) is 24.5 Å². The molecule has 4 aromatic rings. The second-order valence-corrected chi connectivity index (χ2v) is 9.90. The Bertz CT molecular complexity index is 1290. The van der Waals surface area contributed by atoms with Gasteiger partial charge >= 0.3 is 5.97 Å². The van der Waals surface area contributed by atoms with E-state index in [1.54, 1.807) is 0 Å². The minimum absolute atomic E-state index is 0. The maximum atomic E-state index is 12.0. The maximum absolute atomic E-state index is 12.0. The Hall–Kier alpha value is -2.90. The van der Waals surface area contributed by atoms with Crippen LogP contribution in [0.1, 0.15) is 48.9 Å². The number of methoxy groups -OCH3 is 1. The Kier molecular flexibility index (Phi) is 7.11. The normalized spacial score (nSPS) is 14.6. The van der Waals surface area contributed by atoms with E-state index in [-0.39, 0.29) is 7.40 Å². The summed E-state index contributed by atoms with van der Waals surface area (Å²) < 4.78 is 4.90. The highest BCUT2D eigenvalue weighted by molar-refractivity contribution is 7.99. The van der Waals surface area contributed by atoms with E-state index in [1.165, 1.54) is 45.0 Å². The zero-order valence-corrected chi connectivity index (χ0v) is 20.4. The van der Waals surface area contributed by atoms with Crippen LogP contribution in [-0.4, -0.2) is 58.3 Å². The molecule has 0 aliphatic carbocycles. The molecule has 1 aliphatic heterocycles. The SMILES string of the molecule is COC(=O)c1ccc2c(c1)[nH]c1nc(Cc3ccccc3)nc(SCCCN3CCCCC3)c12.[HH]. The van der Waals surface area contributed by atoms with Crippen LogP contribution in [0, 0.1) is 0 Å². The molecule has 178 valence electrons. The van der Waals surface area contributed by atoms with E-state index in [1.807, 2.05) is 48.2 Å². The summed E-state index contributed by atoms with van der Waals surface area (Å²) in [5, 5.41) is 3.07. The average molecular weight is 477 g/mol. The summed E-state index contributed by atoms with van der Waals surface area (Å²) in [6.07, 6.45) is 5.84. The maximum Gasteiger partial charge on any atom is 0.337 e. The van der Waals surface area contributed by atoms with Gasteiger partial charge in [0.1, 0.15) is 16.5 Å². The van der Waals surface area contributed by atoms with Crippen LogP contribution < -0.4 is 0 Å². The molecule has 34 heavy (non-hydrogen) atoms. The van der Waals surface area contributed by atoms with Crippen LogP contribution in [-0.2, 0) is 11.2 Å². The summed E-state index contributed by atoms with van der Waals surface area (Å²) in [6.45, 7) is 3.61. The van der Waals surface area contributed by atoms with Crippen molar-refractivity contribution in [2.75, 3.05) is 32.5 Å². The first kappa shape index (κ1) is 22.9. The van der Waals surface area contributed by atoms with Gasteiger partial charge in [-0.2, -0.15) is 0 Å². The molecular weight excluding hydrogens is 444 g/mol. The van der Waals surface area contributed by atoms with Gasteiger partial charge in [0.25, 0.3) is 0 Å². The number of nitrogens with zero attached hydrogens (tertiary/aromatic N) is 3. The summed E-state index contributed by atoms with van der Waals surface area (Å²) in [7, 11) is 1.40. The molecule has 1 saturated heterocycles. The first-order valence-corrected chi connectivity index (χ1v) is 13.0. The molecule has 7 heteroatoms. The standard InChI is InChI=1S/C27H30N4O2S.H2/c1-33-27(32)20-11-12-21-22(18-20)28-25-24(21)26(34-16-8-15-31-13-6-3-7-14-31)30-23(29-25)17-19-9-4-2-5-10-19;/h2,4-5,9-12,18H,3,6-8,13-17H2,1H3,(H,28,29,30);1H.